The molecule has 0 amide bonds. The molecule has 0 bridgehead atoms. The van der Waals surface area contributed by atoms with Gasteiger partial charge in [-0.05, 0) is 71.8 Å². The van der Waals surface area contributed by atoms with Crippen molar-refractivity contribution in [3.8, 4) is 0 Å². The summed E-state index contributed by atoms with van der Waals surface area (Å²) in [6.07, 6.45) is 13.1. The molecule has 0 radical (unpaired) electrons. The van der Waals surface area contributed by atoms with Crippen LogP contribution in [0.4, 0.5) is 0 Å². The lowest BCUT2D eigenvalue weighted by Crippen LogP contribution is -2.28. The molecule has 25 heavy (non-hydrogen) atoms. The average molecular weight is 347 g/mol. The van der Waals surface area contributed by atoms with Crippen LogP contribution in [0, 0.1) is 5.92 Å². The van der Waals surface area contributed by atoms with Crippen molar-refractivity contribution >= 4 is 5.78 Å². The van der Waals surface area contributed by atoms with Crippen molar-refractivity contribution in [2.45, 2.75) is 72.3 Å². The second-order valence-corrected chi connectivity index (χ2v) is 7.31. The summed E-state index contributed by atoms with van der Waals surface area (Å²) in [5.41, 5.74) is 4.13. The highest BCUT2D eigenvalue weighted by atomic mass is 16.5. The van der Waals surface area contributed by atoms with E-state index < -0.39 is 6.10 Å². The fraction of sp³-hybridized carbons (Fsp3) is 0.591. The van der Waals surface area contributed by atoms with Gasteiger partial charge in [-0.2, -0.15) is 0 Å². The number of carbonyl (C=O) groups excluding carboxylic acids is 1. The Kier molecular flexibility index (Phi) is 9.51. The van der Waals surface area contributed by atoms with E-state index in [-0.39, 0.29) is 17.5 Å². The molecular formula is C22H34O3. The van der Waals surface area contributed by atoms with Gasteiger partial charge in [-0.3, -0.25) is 4.79 Å². The summed E-state index contributed by atoms with van der Waals surface area (Å²) in [6, 6.07) is 0. The number of methoxy groups -OCH3 is 1. The quantitative estimate of drug-likeness (QED) is 0.578. The molecule has 1 rings (SSSR count). The zero-order valence-electron chi connectivity index (χ0n) is 16.5. The summed E-state index contributed by atoms with van der Waals surface area (Å²) in [5.74, 6) is 0.236. The van der Waals surface area contributed by atoms with Crippen LogP contribution in [0.2, 0.25) is 0 Å². The minimum Gasteiger partial charge on any atom is -0.493 e. The van der Waals surface area contributed by atoms with Crippen LogP contribution in [-0.2, 0) is 9.53 Å². The number of ketones is 1. The Balaban J connectivity index is 2.40. The summed E-state index contributed by atoms with van der Waals surface area (Å²) in [4.78, 5) is 11.9. The number of hydrogen-bond acceptors (Lipinski definition) is 3. The molecule has 1 aliphatic carbocycles. The molecule has 1 N–H and O–H groups in total. The van der Waals surface area contributed by atoms with Gasteiger partial charge >= 0.3 is 0 Å². The van der Waals surface area contributed by atoms with E-state index in [9.17, 15) is 9.90 Å². The standard InChI is InChI=1S/C22H34O3/c1-16(2)8-6-9-17(3)10-7-11-18(4)12-13-19-14-21(24)22(25-5)15-20(19)23/h8,10,12,15,19-20,23H,6-7,9,11,13-14H2,1-5H3/b17-10+,18-12+/t19-,20?/m1/s1. The molecule has 0 saturated heterocycles. The Hall–Kier alpha value is -1.61. The van der Waals surface area contributed by atoms with E-state index in [0.29, 0.717) is 6.42 Å². The second kappa shape index (κ2) is 11.1. The molecule has 0 fully saturated rings. The first-order chi connectivity index (χ1) is 11.8. The highest BCUT2D eigenvalue weighted by Crippen LogP contribution is 2.25. The smallest absolute Gasteiger partial charge is 0.197 e. The third-order valence-corrected chi connectivity index (χ3v) is 4.64. The van der Waals surface area contributed by atoms with E-state index in [1.165, 1.54) is 29.9 Å². The van der Waals surface area contributed by atoms with Gasteiger partial charge in [0, 0.05) is 6.42 Å². The number of hydrogen-bond donors (Lipinski definition) is 1. The summed E-state index contributed by atoms with van der Waals surface area (Å²) in [7, 11) is 1.47. The van der Waals surface area contributed by atoms with Crippen LogP contribution in [0.5, 0.6) is 0 Å². The maximum Gasteiger partial charge on any atom is 0.197 e. The molecule has 1 unspecified atom stereocenters. The van der Waals surface area contributed by atoms with E-state index in [0.717, 1.165) is 32.1 Å². The van der Waals surface area contributed by atoms with E-state index in [1.807, 2.05) is 0 Å². The normalized spacial score (nSPS) is 21.8. The molecule has 0 saturated carbocycles. The Morgan fingerprint density at radius 2 is 1.72 bits per heavy atom. The number of aliphatic hydroxyl groups is 1. The molecule has 140 valence electrons. The highest BCUT2D eigenvalue weighted by Gasteiger charge is 2.28. The molecule has 3 nitrogen and oxygen atoms in total. The van der Waals surface area contributed by atoms with Crippen LogP contribution in [0.25, 0.3) is 0 Å². The van der Waals surface area contributed by atoms with Crippen LogP contribution >= 0.6 is 0 Å². The number of Topliss-reactive ketones (excluding diaryl/α,β-unsaturated/α-hetero) is 1. The molecule has 3 heteroatoms. The van der Waals surface area contributed by atoms with Crippen molar-refractivity contribution < 1.29 is 14.6 Å². The monoisotopic (exact) mass is 346 g/mol. The Morgan fingerprint density at radius 3 is 2.32 bits per heavy atom. The fourth-order valence-electron chi connectivity index (χ4n) is 2.94. The van der Waals surface area contributed by atoms with Crippen molar-refractivity contribution in [1.29, 1.82) is 0 Å². The summed E-state index contributed by atoms with van der Waals surface area (Å²) >= 11 is 0. The van der Waals surface area contributed by atoms with Crippen LogP contribution in [0.3, 0.4) is 0 Å². The van der Waals surface area contributed by atoms with Crippen molar-refractivity contribution in [1.82, 2.24) is 0 Å². The number of rotatable bonds is 9. The van der Waals surface area contributed by atoms with Crippen molar-refractivity contribution in [2.75, 3.05) is 7.11 Å². The largest absolute Gasteiger partial charge is 0.493 e. The molecule has 0 spiro atoms. The van der Waals surface area contributed by atoms with E-state index in [1.54, 1.807) is 0 Å². The summed E-state index contributed by atoms with van der Waals surface area (Å²) < 4.78 is 4.99. The second-order valence-electron chi connectivity index (χ2n) is 7.31. The Labute approximate surface area is 153 Å². The van der Waals surface area contributed by atoms with Crippen LogP contribution in [0.1, 0.15) is 66.2 Å². The maximum atomic E-state index is 11.9. The van der Waals surface area contributed by atoms with Gasteiger partial charge < -0.3 is 9.84 Å². The molecule has 2 atom stereocenters. The lowest BCUT2D eigenvalue weighted by atomic mass is 9.86. The first-order valence-electron chi connectivity index (χ1n) is 9.25. The van der Waals surface area contributed by atoms with Gasteiger partial charge in [0.15, 0.2) is 11.5 Å². The molecule has 1 aliphatic rings. The molecular weight excluding hydrogens is 312 g/mol. The van der Waals surface area contributed by atoms with Gasteiger partial charge in [-0.15, -0.1) is 0 Å². The predicted octanol–water partition coefficient (Wildman–Crippen LogP) is 5.28. The molecule has 0 heterocycles. The van der Waals surface area contributed by atoms with Gasteiger partial charge in [0.25, 0.3) is 0 Å². The van der Waals surface area contributed by atoms with Crippen molar-refractivity contribution in [3.05, 3.63) is 46.8 Å². The molecule has 0 aromatic rings. The van der Waals surface area contributed by atoms with Crippen LogP contribution in [0.15, 0.2) is 46.8 Å². The van der Waals surface area contributed by atoms with Crippen LogP contribution in [-0.4, -0.2) is 24.1 Å². The first kappa shape index (κ1) is 21.4. The molecule has 0 aliphatic heterocycles. The summed E-state index contributed by atoms with van der Waals surface area (Å²) in [6.45, 7) is 8.59. The first-order valence-corrected chi connectivity index (χ1v) is 9.25. The zero-order chi connectivity index (χ0) is 18.8. The Bertz CT molecular complexity index is 560. The van der Waals surface area contributed by atoms with Crippen molar-refractivity contribution in [3.63, 3.8) is 0 Å². The van der Waals surface area contributed by atoms with Gasteiger partial charge in [-0.1, -0.05) is 34.9 Å². The minimum atomic E-state index is -0.603. The number of allylic oxidation sites excluding steroid dienone is 7. The van der Waals surface area contributed by atoms with Crippen molar-refractivity contribution in [2.24, 2.45) is 5.92 Å². The Morgan fingerprint density at radius 1 is 1.12 bits per heavy atom. The van der Waals surface area contributed by atoms with E-state index >= 15 is 0 Å². The molecule has 0 aromatic carbocycles. The third kappa shape index (κ3) is 8.35. The summed E-state index contributed by atoms with van der Waals surface area (Å²) in [5, 5.41) is 10.1. The van der Waals surface area contributed by atoms with Gasteiger partial charge in [0.05, 0.1) is 13.2 Å². The van der Waals surface area contributed by atoms with E-state index in [4.69, 9.17) is 4.74 Å². The predicted molar refractivity (Wildman–Crippen MR) is 104 cm³/mol. The number of ether oxygens (including phenoxy) is 1. The van der Waals surface area contributed by atoms with Gasteiger partial charge in [0.2, 0.25) is 0 Å². The topological polar surface area (TPSA) is 46.5 Å². The maximum absolute atomic E-state index is 11.9. The number of aliphatic hydroxyl groups excluding tert-OH is 1. The lowest BCUT2D eigenvalue weighted by Gasteiger charge is -2.24. The highest BCUT2D eigenvalue weighted by molar-refractivity contribution is 5.94. The zero-order valence-corrected chi connectivity index (χ0v) is 16.5. The third-order valence-electron chi connectivity index (χ3n) is 4.64. The fourth-order valence-corrected chi connectivity index (χ4v) is 2.94. The van der Waals surface area contributed by atoms with Gasteiger partial charge in [0.1, 0.15) is 0 Å². The SMILES string of the molecule is COC1=CC(O)[C@H](C/C=C(\C)CC/C=C(\C)CCC=C(C)C)CC1=O. The lowest BCUT2D eigenvalue weighted by molar-refractivity contribution is -0.121. The number of carbonyl (C=O) groups is 1. The van der Waals surface area contributed by atoms with Gasteiger partial charge in [-0.25, -0.2) is 0 Å². The average Bonchev–Trinajstić information content (AvgIpc) is 2.54. The molecule has 0 aromatic heterocycles. The minimum absolute atomic E-state index is 0.0150. The van der Waals surface area contributed by atoms with Crippen LogP contribution < -0.4 is 0 Å². The van der Waals surface area contributed by atoms with E-state index in [2.05, 4.69) is 45.9 Å².